The van der Waals surface area contributed by atoms with Gasteiger partial charge in [-0.25, -0.2) is 0 Å². The van der Waals surface area contributed by atoms with Gasteiger partial charge in [-0.2, -0.15) is 0 Å². The zero-order chi connectivity index (χ0) is 15.8. The maximum absolute atomic E-state index is 11.2. The van der Waals surface area contributed by atoms with Gasteiger partial charge in [0.1, 0.15) is 0 Å². The summed E-state index contributed by atoms with van der Waals surface area (Å²) >= 11 is 0. The van der Waals surface area contributed by atoms with Crippen molar-refractivity contribution < 1.29 is 4.79 Å². The van der Waals surface area contributed by atoms with Crippen LogP contribution in [0.1, 0.15) is 46.0 Å². The lowest BCUT2D eigenvalue weighted by Crippen LogP contribution is -2.51. The number of hydrogen-bond acceptors (Lipinski definition) is 3. The largest absolute Gasteiger partial charge is 0.357 e. The highest BCUT2D eigenvalue weighted by atomic mass is 16.1. The first-order valence-corrected chi connectivity index (χ1v) is 8.78. The van der Waals surface area contributed by atoms with Crippen molar-refractivity contribution in [1.82, 2.24) is 20.9 Å². The molecule has 2 aliphatic heterocycles. The van der Waals surface area contributed by atoms with E-state index in [-0.39, 0.29) is 11.9 Å². The highest BCUT2D eigenvalue weighted by Gasteiger charge is 2.21. The number of hydrogen-bond donors (Lipinski definition) is 3. The van der Waals surface area contributed by atoms with Crippen LogP contribution in [0.5, 0.6) is 0 Å². The Kier molecular flexibility index (Phi) is 6.96. The van der Waals surface area contributed by atoms with Crippen LogP contribution in [0.25, 0.3) is 0 Å². The van der Waals surface area contributed by atoms with E-state index in [2.05, 4.69) is 34.7 Å². The average Bonchev–Trinajstić information content (AvgIpc) is 2.55. The zero-order valence-corrected chi connectivity index (χ0v) is 14.0. The van der Waals surface area contributed by atoms with E-state index in [0.717, 1.165) is 32.0 Å². The second-order valence-electron chi connectivity index (χ2n) is 6.18. The number of carbonyl (C=O) groups excluding carboxylic acids is 1. The monoisotopic (exact) mass is 309 g/mol. The van der Waals surface area contributed by atoms with Crippen molar-refractivity contribution in [2.24, 2.45) is 4.99 Å². The number of likely N-dealkylation sites (tertiary alicyclic amines) is 1. The molecule has 0 saturated carbocycles. The minimum Gasteiger partial charge on any atom is -0.357 e. The maximum atomic E-state index is 11.2. The van der Waals surface area contributed by atoms with Crippen molar-refractivity contribution in [3.63, 3.8) is 0 Å². The van der Waals surface area contributed by atoms with Crippen LogP contribution in [0.3, 0.4) is 0 Å². The Morgan fingerprint density at radius 3 is 2.91 bits per heavy atom. The molecule has 2 saturated heterocycles. The van der Waals surface area contributed by atoms with Gasteiger partial charge >= 0.3 is 0 Å². The van der Waals surface area contributed by atoms with Gasteiger partial charge in [0.15, 0.2) is 5.96 Å². The number of carbonyl (C=O) groups is 1. The van der Waals surface area contributed by atoms with Crippen molar-refractivity contribution in [1.29, 1.82) is 0 Å². The summed E-state index contributed by atoms with van der Waals surface area (Å²) in [4.78, 5) is 18.6. The first kappa shape index (κ1) is 17.1. The number of amides is 1. The molecule has 2 rings (SSSR count). The highest BCUT2D eigenvalue weighted by molar-refractivity contribution is 5.81. The summed E-state index contributed by atoms with van der Waals surface area (Å²) in [5.74, 6) is 1.03. The van der Waals surface area contributed by atoms with E-state index in [4.69, 9.17) is 4.99 Å². The third kappa shape index (κ3) is 5.16. The predicted molar refractivity (Wildman–Crippen MR) is 90.0 cm³/mol. The molecule has 0 aromatic carbocycles. The SMILES string of the molecule is CCNC(=NCC1CCCCN1CC)NC1CCC(=O)NC1. The van der Waals surface area contributed by atoms with E-state index >= 15 is 0 Å². The molecule has 22 heavy (non-hydrogen) atoms. The summed E-state index contributed by atoms with van der Waals surface area (Å²) in [5.41, 5.74) is 0. The molecule has 1 amide bonds. The van der Waals surface area contributed by atoms with Crippen LogP contribution in [0.2, 0.25) is 0 Å². The molecule has 0 radical (unpaired) electrons. The van der Waals surface area contributed by atoms with Crippen LogP contribution < -0.4 is 16.0 Å². The fourth-order valence-corrected chi connectivity index (χ4v) is 3.25. The standard InChI is InChI=1S/C16H31N5O/c1-3-17-16(20-13-8-9-15(22)18-11-13)19-12-14-7-5-6-10-21(14)4-2/h13-14H,3-12H2,1-2H3,(H,18,22)(H2,17,19,20). The Labute approximate surface area is 134 Å². The summed E-state index contributed by atoms with van der Waals surface area (Å²) in [6, 6.07) is 0.851. The number of aliphatic imine (C=N–C) groups is 1. The van der Waals surface area contributed by atoms with Crippen LogP contribution >= 0.6 is 0 Å². The molecule has 2 unspecified atom stereocenters. The number of likely N-dealkylation sites (N-methyl/N-ethyl adjacent to an activating group) is 1. The van der Waals surface area contributed by atoms with Crippen molar-refractivity contribution in [3.05, 3.63) is 0 Å². The van der Waals surface area contributed by atoms with Crippen LogP contribution in [0, 0.1) is 0 Å². The summed E-state index contributed by atoms with van der Waals surface area (Å²) in [5, 5.41) is 9.69. The third-order valence-electron chi connectivity index (χ3n) is 4.57. The molecule has 0 spiro atoms. The fourth-order valence-electron chi connectivity index (χ4n) is 3.25. The van der Waals surface area contributed by atoms with Crippen LogP contribution in [0.15, 0.2) is 4.99 Å². The number of guanidine groups is 1. The second kappa shape index (κ2) is 8.98. The van der Waals surface area contributed by atoms with Gasteiger partial charge in [0, 0.05) is 31.6 Å². The lowest BCUT2D eigenvalue weighted by Gasteiger charge is -2.34. The number of nitrogens with one attached hydrogen (secondary N) is 3. The summed E-state index contributed by atoms with van der Waals surface area (Å²) < 4.78 is 0. The van der Waals surface area contributed by atoms with E-state index < -0.39 is 0 Å². The molecule has 2 heterocycles. The summed E-state index contributed by atoms with van der Waals surface area (Å²) in [6.07, 6.45) is 5.35. The topological polar surface area (TPSA) is 68.8 Å². The van der Waals surface area contributed by atoms with Gasteiger partial charge in [0.25, 0.3) is 0 Å². The summed E-state index contributed by atoms with van der Waals surface area (Å²) in [7, 11) is 0. The molecule has 2 aliphatic rings. The molecule has 6 heteroatoms. The van der Waals surface area contributed by atoms with Crippen LogP contribution in [0.4, 0.5) is 0 Å². The Bertz CT molecular complexity index is 375. The molecular formula is C16H31N5O. The van der Waals surface area contributed by atoms with Crippen molar-refractivity contribution in [2.45, 2.75) is 58.0 Å². The smallest absolute Gasteiger partial charge is 0.220 e. The lowest BCUT2D eigenvalue weighted by molar-refractivity contribution is -0.122. The Morgan fingerprint density at radius 2 is 2.23 bits per heavy atom. The van der Waals surface area contributed by atoms with E-state index in [9.17, 15) is 4.79 Å². The maximum Gasteiger partial charge on any atom is 0.220 e. The normalized spacial score (nSPS) is 27.4. The van der Waals surface area contributed by atoms with Gasteiger partial charge in [-0.3, -0.25) is 14.7 Å². The lowest BCUT2D eigenvalue weighted by atomic mass is 10.0. The molecule has 2 atom stereocenters. The molecule has 6 nitrogen and oxygen atoms in total. The number of piperidine rings is 2. The Hall–Kier alpha value is -1.30. The van der Waals surface area contributed by atoms with Gasteiger partial charge in [0.05, 0.1) is 6.54 Å². The van der Waals surface area contributed by atoms with Gasteiger partial charge in [-0.1, -0.05) is 13.3 Å². The van der Waals surface area contributed by atoms with Crippen LogP contribution in [-0.4, -0.2) is 61.6 Å². The minimum atomic E-state index is 0.154. The third-order valence-corrected chi connectivity index (χ3v) is 4.57. The van der Waals surface area contributed by atoms with Gasteiger partial charge in [0.2, 0.25) is 5.91 Å². The van der Waals surface area contributed by atoms with E-state index in [1.807, 2.05) is 0 Å². The van der Waals surface area contributed by atoms with E-state index in [0.29, 0.717) is 19.0 Å². The second-order valence-corrected chi connectivity index (χ2v) is 6.18. The quantitative estimate of drug-likeness (QED) is 0.516. The van der Waals surface area contributed by atoms with Crippen LogP contribution in [-0.2, 0) is 4.79 Å². The van der Waals surface area contributed by atoms with Crippen molar-refractivity contribution in [3.8, 4) is 0 Å². The predicted octanol–water partition coefficient (Wildman–Crippen LogP) is 0.695. The number of rotatable bonds is 5. The highest BCUT2D eigenvalue weighted by Crippen LogP contribution is 2.16. The zero-order valence-electron chi connectivity index (χ0n) is 14.0. The first-order valence-electron chi connectivity index (χ1n) is 8.78. The van der Waals surface area contributed by atoms with Gasteiger partial charge in [-0.05, 0) is 39.3 Å². The summed E-state index contributed by atoms with van der Waals surface area (Å²) in [6.45, 7) is 9.02. The molecule has 0 aromatic heterocycles. The molecular weight excluding hydrogens is 278 g/mol. The average molecular weight is 309 g/mol. The van der Waals surface area contributed by atoms with Gasteiger partial charge in [-0.15, -0.1) is 0 Å². The Balaban J connectivity index is 1.87. The molecule has 126 valence electrons. The number of nitrogens with zero attached hydrogens (tertiary/aromatic N) is 2. The van der Waals surface area contributed by atoms with E-state index in [1.165, 1.54) is 25.8 Å². The minimum absolute atomic E-state index is 0.154. The van der Waals surface area contributed by atoms with E-state index in [1.54, 1.807) is 0 Å². The first-order chi connectivity index (χ1) is 10.7. The Morgan fingerprint density at radius 1 is 1.36 bits per heavy atom. The fraction of sp³-hybridized carbons (Fsp3) is 0.875. The van der Waals surface area contributed by atoms with Crippen molar-refractivity contribution in [2.75, 3.05) is 32.7 Å². The van der Waals surface area contributed by atoms with Gasteiger partial charge < -0.3 is 16.0 Å². The molecule has 2 fully saturated rings. The molecule has 3 N–H and O–H groups in total. The molecule has 0 aromatic rings. The molecule has 0 bridgehead atoms. The van der Waals surface area contributed by atoms with Crippen molar-refractivity contribution >= 4 is 11.9 Å². The molecule has 0 aliphatic carbocycles.